The van der Waals surface area contributed by atoms with Crippen LogP contribution in [-0.2, 0) is 9.47 Å². The van der Waals surface area contributed by atoms with Gasteiger partial charge in [-0.15, -0.1) is 0 Å². The maximum absolute atomic E-state index is 6.19. The van der Waals surface area contributed by atoms with Gasteiger partial charge >= 0.3 is 0 Å². The largest absolute Gasteiger partial charge is 0.349 e. The molecule has 186 valence electrons. The van der Waals surface area contributed by atoms with Gasteiger partial charge in [-0.05, 0) is 118 Å². The van der Waals surface area contributed by atoms with Gasteiger partial charge in [0.05, 0.1) is 13.2 Å². The van der Waals surface area contributed by atoms with Crippen LogP contribution in [0.2, 0.25) is 0 Å². The van der Waals surface area contributed by atoms with E-state index in [-0.39, 0.29) is 6.29 Å². The molecule has 0 radical (unpaired) electrons. The summed E-state index contributed by atoms with van der Waals surface area (Å²) in [5.41, 5.74) is 5.54. The number of allylic oxidation sites excluding steroid dienone is 7. The summed E-state index contributed by atoms with van der Waals surface area (Å²) >= 11 is 0. The van der Waals surface area contributed by atoms with Crippen molar-refractivity contribution >= 4 is 0 Å². The molecule has 0 saturated carbocycles. The summed E-state index contributed by atoms with van der Waals surface area (Å²) in [4.78, 5) is 0. The van der Waals surface area contributed by atoms with Crippen LogP contribution in [0.25, 0.3) is 0 Å². The first-order valence-electron chi connectivity index (χ1n) is 12.9. The lowest BCUT2D eigenvalue weighted by atomic mass is 10.0. The third-order valence-corrected chi connectivity index (χ3v) is 5.72. The Bertz CT molecular complexity index is 548. The molecule has 2 heteroatoms. The Labute approximate surface area is 201 Å². The second-order valence-corrected chi connectivity index (χ2v) is 10.4. The van der Waals surface area contributed by atoms with Crippen molar-refractivity contribution in [3.63, 3.8) is 0 Å². The molecule has 0 fully saturated rings. The summed E-state index contributed by atoms with van der Waals surface area (Å²) in [6.45, 7) is 21.4. The molecular weight excluding hydrogens is 392 g/mol. The maximum atomic E-state index is 6.19. The minimum Gasteiger partial charge on any atom is -0.349 e. The van der Waals surface area contributed by atoms with E-state index in [0.717, 1.165) is 51.7 Å². The topological polar surface area (TPSA) is 18.5 Å². The standard InChI is InChI=1S/C30H54O2/c1-24(2)13-10-16-27(7)19-21-31-30(23-29(9)18-12-15-26(5)6)32-22-20-28(8)17-11-14-25(3)4/h13-15,23,27-28,30H,10-12,16-22H2,1-9H3/b29-23+/t27-,28-/m1/s1. The quantitative estimate of drug-likeness (QED) is 0.154. The molecule has 2 nitrogen and oxygen atoms in total. The Kier molecular flexibility index (Phi) is 18.7. The van der Waals surface area contributed by atoms with Gasteiger partial charge in [-0.3, -0.25) is 0 Å². The summed E-state index contributed by atoms with van der Waals surface area (Å²) in [6.07, 6.45) is 18.0. The van der Waals surface area contributed by atoms with Crippen molar-refractivity contribution in [2.24, 2.45) is 11.8 Å². The van der Waals surface area contributed by atoms with Crippen molar-refractivity contribution in [1.29, 1.82) is 0 Å². The highest BCUT2D eigenvalue weighted by atomic mass is 16.7. The van der Waals surface area contributed by atoms with Crippen molar-refractivity contribution in [3.8, 4) is 0 Å². The molecular formula is C30H54O2. The van der Waals surface area contributed by atoms with Gasteiger partial charge in [0.2, 0.25) is 0 Å². The third-order valence-electron chi connectivity index (χ3n) is 5.72. The van der Waals surface area contributed by atoms with E-state index in [2.05, 4.69) is 86.6 Å². The highest BCUT2D eigenvalue weighted by Gasteiger charge is 2.10. The second kappa shape index (κ2) is 19.4. The van der Waals surface area contributed by atoms with Gasteiger partial charge in [0, 0.05) is 0 Å². The molecule has 0 bridgehead atoms. The van der Waals surface area contributed by atoms with Crippen LogP contribution in [0.1, 0.15) is 114 Å². The second-order valence-electron chi connectivity index (χ2n) is 10.4. The Morgan fingerprint density at radius 2 is 1.00 bits per heavy atom. The van der Waals surface area contributed by atoms with E-state index in [1.54, 1.807) is 0 Å². The molecule has 0 unspecified atom stereocenters. The van der Waals surface area contributed by atoms with Gasteiger partial charge in [-0.25, -0.2) is 0 Å². The Morgan fingerprint density at radius 3 is 1.41 bits per heavy atom. The number of ether oxygens (including phenoxy) is 2. The van der Waals surface area contributed by atoms with Crippen LogP contribution in [0.3, 0.4) is 0 Å². The monoisotopic (exact) mass is 446 g/mol. The zero-order valence-electron chi connectivity index (χ0n) is 22.9. The van der Waals surface area contributed by atoms with Crippen LogP contribution in [-0.4, -0.2) is 19.5 Å². The average molecular weight is 447 g/mol. The first kappa shape index (κ1) is 30.9. The Balaban J connectivity index is 4.60. The first-order valence-corrected chi connectivity index (χ1v) is 12.9. The fraction of sp³-hybridized carbons (Fsp3) is 0.733. The van der Waals surface area contributed by atoms with Crippen LogP contribution in [0.15, 0.2) is 46.6 Å². The van der Waals surface area contributed by atoms with Crippen molar-refractivity contribution < 1.29 is 9.47 Å². The van der Waals surface area contributed by atoms with Crippen molar-refractivity contribution in [2.45, 2.75) is 120 Å². The predicted molar refractivity (Wildman–Crippen MR) is 143 cm³/mol. The molecule has 0 saturated heterocycles. The van der Waals surface area contributed by atoms with Gasteiger partial charge in [-0.1, -0.05) is 54.4 Å². The van der Waals surface area contributed by atoms with Crippen molar-refractivity contribution in [1.82, 2.24) is 0 Å². The molecule has 0 amide bonds. The summed E-state index contributed by atoms with van der Waals surface area (Å²) in [5, 5.41) is 0. The summed E-state index contributed by atoms with van der Waals surface area (Å²) in [5.74, 6) is 1.34. The molecule has 0 aliphatic heterocycles. The molecule has 32 heavy (non-hydrogen) atoms. The normalized spacial score (nSPS) is 13.6. The lowest BCUT2D eigenvalue weighted by molar-refractivity contribution is -0.116. The number of rotatable bonds is 18. The predicted octanol–water partition coefficient (Wildman–Crippen LogP) is 9.58. The minimum atomic E-state index is -0.225. The van der Waals surface area contributed by atoms with Crippen molar-refractivity contribution in [2.75, 3.05) is 13.2 Å². The lowest BCUT2D eigenvalue weighted by Gasteiger charge is -2.19. The van der Waals surface area contributed by atoms with E-state index in [9.17, 15) is 0 Å². The summed E-state index contributed by atoms with van der Waals surface area (Å²) < 4.78 is 12.4. The molecule has 0 N–H and O–H groups in total. The highest BCUT2D eigenvalue weighted by molar-refractivity contribution is 5.03. The van der Waals surface area contributed by atoms with E-state index in [1.807, 2.05) is 0 Å². The van der Waals surface area contributed by atoms with Crippen LogP contribution in [0, 0.1) is 11.8 Å². The highest BCUT2D eigenvalue weighted by Crippen LogP contribution is 2.16. The van der Waals surface area contributed by atoms with Crippen LogP contribution >= 0.6 is 0 Å². The fourth-order valence-electron chi connectivity index (χ4n) is 3.42. The first-order chi connectivity index (χ1) is 15.1. The lowest BCUT2D eigenvalue weighted by Crippen LogP contribution is -2.19. The van der Waals surface area contributed by atoms with Gasteiger partial charge in [0.1, 0.15) is 0 Å². The molecule has 0 heterocycles. The van der Waals surface area contributed by atoms with E-state index in [4.69, 9.17) is 9.47 Å². The Morgan fingerprint density at radius 1 is 0.594 bits per heavy atom. The molecule has 0 aliphatic carbocycles. The van der Waals surface area contributed by atoms with E-state index < -0.39 is 0 Å². The van der Waals surface area contributed by atoms with Gasteiger partial charge in [0.15, 0.2) is 6.29 Å². The molecule has 0 aromatic carbocycles. The van der Waals surface area contributed by atoms with Crippen LogP contribution < -0.4 is 0 Å². The van der Waals surface area contributed by atoms with E-state index >= 15 is 0 Å². The van der Waals surface area contributed by atoms with Crippen molar-refractivity contribution in [3.05, 3.63) is 46.6 Å². The average Bonchev–Trinajstić information content (AvgIpc) is 2.66. The maximum Gasteiger partial charge on any atom is 0.177 e. The molecule has 0 rings (SSSR count). The van der Waals surface area contributed by atoms with E-state index in [0.29, 0.717) is 11.8 Å². The minimum absolute atomic E-state index is 0.225. The zero-order valence-corrected chi connectivity index (χ0v) is 22.9. The van der Waals surface area contributed by atoms with Gasteiger partial charge < -0.3 is 9.47 Å². The smallest absolute Gasteiger partial charge is 0.177 e. The zero-order chi connectivity index (χ0) is 24.4. The SMILES string of the molecule is CC(C)=CCC/C(C)=C/C(OCC[C@H](C)CCC=C(C)C)OCC[C@H](C)CCC=C(C)C. The van der Waals surface area contributed by atoms with Gasteiger partial charge in [0.25, 0.3) is 0 Å². The van der Waals surface area contributed by atoms with E-state index in [1.165, 1.54) is 35.1 Å². The van der Waals surface area contributed by atoms with Crippen LogP contribution in [0.5, 0.6) is 0 Å². The van der Waals surface area contributed by atoms with Crippen LogP contribution in [0.4, 0.5) is 0 Å². The molecule has 0 aromatic heterocycles. The van der Waals surface area contributed by atoms with Gasteiger partial charge in [-0.2, -0.15) is 0 Å². The summed E-state index contributed by atoms with van der Waals surface area (Å²) in [7, 11) is 0. The number of hydrogen-bond donors (Lipinski definition) is 0. The molecule has 2 atom stereocenters. The third kappa shape index (κ3) is 20.8. The molecule has 0 spiro atoms. The fourth-order valence-corrected chi connectivity index (χ4v) is 3.42. The number of hydrogen-bond acceptors (Lipinski definition) is 2. The molecule has 0 aliphatic rings. The molecule has 0 aromatic rings. The Hall–Kier alpha value is -1.12. The summed E-state index contributed by atoms with van der Waals surface area (Å²) in [6, 6.07) is 0.